The summed E-state index contributed by atoms with van der Waals surface area (Å²) < 4.78 is 23.6. The van der Waals surface area contributed by atoms with Crippen LogP contribution in [0.1, 0.15) is 52.9 Å². The molecule has 0 aromatic carbocycles. The first kappa shape index (κ1) is 16.0. The van der Waals surface area contributed by atoms with Gasteiger partial charge in [0.1, 0.15) is 0 Å². The zero-order valence-corrected chi connectivity index (χ0v) is 12.9. The van der Waals surface area contributed by atoms with E-state index in [1.165, 1.54) is 25.7 Å². The van der Waals surface area contributed by atoms with E-state index >= 15 is 0 Å². The third kappa shape index (κ3) is 6.74. The van der Waals surface area contributed by atoms with E-state index in [0.29, 0.717) is 30.0 Å². The molecule has 1 fully saturated rings. The zero-order chi connectivity index (χ0) is 13.6. The van der Waals surface area contributed by atoms with Crippen molar-refractivity contribution in [1.82, 2.24) is 5.32 Å². The standard InChI is InChI=1S/C14H29NO2S/c1-12(2)8-10-18(16,17)11-9-15-14-6-4-13(3)5-7-14/h12-15H,4-11H2,1-3H3. The Labute approximate surface area is 113 Å². The zero-order valence-electron chi connectivity index (χ0n) is 12.1. The van der Waals surface area contributed by atoms with E-state index in [2.05, 4.69) is 26.1 Å². The topological polar surface area (TPSA) is 46.2 Å². The lowest BCUT2D eigenvalue weighted by molar-refractivity contribution is 0.311. The Balaban J connectivity index is 2.16. The molecule has 0 saturated heterocycles. The fraction of sp³-hybridized carbons (Fsp3) is 1.00. The highest BCUT2D eigenvalue weighted by atomic mass is 32.2. The van der Waals surface area contributed by atoms with Crippen LogP contribution in [0.25, 0.3) is 0 Å². The Morgan fingerprint density at radius 2 is 1.72 bits per heavy atom. The maximum absolute atomic E-state index is 11.8. The summed E-state index contributed by atoms with van der Waals surface area (Å²) >= 11 is 0. The van der Waals surface area contributed by atoms with Crippen molar-refractivity contribution < 1.29 is 8.42 Å². The molecular weight excluding hydrogens is 246 g/mol. The Morgan fingerprint density at radius 3 is 2.28 bits per heavy atom. The Morgan fingerprint density at radius 1 is 1.11 bits per heavy atom. The van der Waals surface area contributed by atoms with Crippen molar-refractivity contribution in [3.05, 3.63) is 0 Å². The van der Waals surface area contributed by atoms with Gasteiger partial charge < -0.3 is 5.32 Å². The molecule has 1 saturated carbocycles. The molecule has 0 aromatic heterocycles. The van der Waals surface area contributed by atoms with Crippen molar-refractivity contribution in [3.8, 4) is 0 Å². The van der Waals surface area contributed by atoms with Crippen LogP contribution >= 0.6 is 0 Å². The van der Waals surface area contributed by atoms with E-state index in [1.807, 2.05) is 0 Å². The fourth-order valence-electron chi connectivity index (χ4n) is 2.40. The fourth-order valence-corrected chi connectivity index (χ4v) is 3.86. The average Bonchev–Trinajstić information content (AvgIpc) is 2.29. The van der Waals surface area contributed by atoms with Gasteiger partial charge in [-0.1, -0.05) is 20.8 Å². The van der Waals surface area contributed by atoms with E-state index < -0.39 is 9.84 Å². The molecule has 1 rings (SSSR count). The summed E-state index contributed by atoms with van der Waals surface area (Å²) in [7, 11) is -2.85. The SMILES string of the molecule is CC(C)CCS(=O)(=O)CCNC1CCC(C)CC1. The van der Waals surface area contributed by atoms with Gasteiger partial charge in [-0.2, -0.15) is 0 Å². The van der Waals surface area contributed by atoms with Gasteiger partial charge in [0, 0.05) is 12.6 Å². The third-order valence-electron chi connectivity index (χ3n) is 3.87. The van der Waals surface area contributed by atoms with E-state index in [-0.39, 0.29) is 0 Å². The van der Waals surface area contributed by atoms with Gasteiger partial charge in [-0.05, 0) is 43.9 Å². The maximum Gasteiger partial charge on any atom is 0.151 e. The Bertz CT molecular complexity index is 317. The van der Waals surface area contributed by atoms with Crippen molar-refractivity contribution in [2.45, 2.75) is 58.9 Å². The van der Waals surface area contributed by atoms with Crippen LogP contribution < -0.4 is 5.32 Å². The summed E-state index contributed by atoms with van der Waals surface area (Å²) in [4.78, 5) is 0. The Hall–Kier alpha value is -0.0900. The van der Waals surface area contributed by atoms with Crippen LogP contribution in [0.4, 0.5) is 0 Å². The van der Waals surface area contributed by atoms with Gasteiger partial charge >= 0.3 is 0 Å². The molecule has 0 aliphatic heterocycles. The second kappa shape index (κ2) is 7.49. The normalized spacial score (nSPS) is 25.6. The molecule has 0 unspecified atom stereocenters. The average molecular weight is 275 g/mol. The van der Waals surface area contributed by atoms with E-state index in [9.17, 15) is 8.42 Å². The minimum absolute atomic E-state index is 0.297. The highest BCUT2D eigenvalue weighted by molar-refractivity contribution is 7.91. The summed E-state index contributed by atoms with van der Waals surface area (Å²) in [6.07, 6.45) is 5.74. The molecule has 0 bridgehead atoms. The van der Waals surface area contributed by atoms with E-state index in [1.54, 1.807) is 0 Å². The molecule has 1 aliphatic rings. The summed E-state index contributed by atoms with van der Waals surface area (Å²) in [5.74, 6) is 1.95. The molecular formula is C14H29NO2S. The molecule has 1 aliphatic carbocycles. The smallest absolute Gasteiger partial charge is 0.151 e. The first-order chi connectivity index (χ1) is 8.39. The summed E-state index contributed by atoms with van der Waals surface area (Å²) in [6, 6.07) is 0.543. The maximum atomic E-state index is 11.8. The van der Waals surface area contributed by atoms with Gasteiger partial charge in [0.15, 0.2) is 9.84 Å². The van der Waals surface area contributed by atoms with Crippen LogP contribution in [0, 0.1) is 11.8 Å². The van der Waals surface area contributed by atoms with Crippen molar-refractivity contribution in [2.75, 3.05) is 18.1 Å². The predicted molar refractivity (Wildman–Crippen MR) is 77.5 cm³/mol. The first-order valence-electron chi connectivity index (χ1n) is 7.33. The number of hydrogen-bond donors (Lipinski definition) is 1. The van der Waals surface area contributed by atoms with Gasteiger partial charge in [-0.25, -0.2) is 8.42 Å². The number of sulfone groups is 1. The lowest BCUT2D eigenvalue weighted by Crippen LogP contribution is -2.36. The minimum Gasteiger partial charge on any atom is -0.313 e. The van der Waals surface area contributed by atoms with Crippen molar-refractivity contribution >= 4 is 9.84 Å². The van der Waals surface area contributed by atoms with E-state index in [0.717, 1.165) is 12.3 Å². The Kier molecular flexibility index (Phi) is 6.64. The van der Waals surface area contributed by atoms with Gasteiger partial charge in [-0.15, -0.1) is 0 Å². The minimum atomic E-state index is -2.85. The molecule has 0 heterocycles. The molecule has 108 valence electrons. The molecule has 0 spiro atoms. The monoisotopic (exact) mass is 275 g/mol. The van der Waals surface area contributed by atoms with E-state index in [4.69, 9.17) is 0 Å². The molecule has 18 heavy (non-hydrogen) atoms. The van der Waals surface area contributed by atoms with Gasteiger partial charge in [0.25, 0.3) is 0 Å². The van der Waals surface area contributed by atoms with Crippen molar-refractivity contribution in [3.63, 3.8) is 0 Å². The molecule has 0 atom stereocenters. The summed E-state index contributed by atoms with van der Waals surface area (Å²) in [6.45, 7) is 7.06. The summed E-state index contributed by atoms with van der Waals surface area (Å²) in [5.41, 5.74) is 0. The molecule has 3 nitrogen and oxygen atoms in total. The van der Waals surface area contributed by atoms with Crippen LogP contribution in [0.3, 0.4) is 0 Å². The van der Waals surface area contributed by atoms with Gasteiger partial charge in [0.05, 0.1) is 11.5 Å². The van der Waals surface area contributed by atoms with Crippen LogP contribution in [0.5, 0.6) is 0 Å². The number of nitrogens with one attached hydrogen (secondary N) is 1. The lowest BCUT2D eigenvalue weighted by Gasteiger charge is -2.27. The third-order valence-corrected chi connectivity index (χ3v) is 5.55. The van der Waals surface area contributed by atoms with Crippen LogP contribution in [0.2, 0.25) is 0 Å². The van der Waals surface area contributed by atoms with Crippen LogP contribution in [-0.2, 0) is 9.84 Å². The van der Waals surface area contributed by atoms with Crippen LogP contribution in [-0.4, -0.2) is 32.5 Å². The number of hydrogen-bond acceptors (Lipinski definition) is 3. The first-order valence-corrected chi connectivity index (χ1v) is 9.15. The highest BCUT2D eigenvalue weighted by Gasteiger charge is 2.18. The second-order valence-corrected chi connectivity index (χ2v) is 8.55. The summed E-state index contributed by atoms with van der Waals surface area (Å²) in [5, 5.41) is 3.41. The van der Waals surface area contributed by atoms with Crippen molar-refractivity contribution in [2.24, 2.45) is 11.8 Å². The second-order valence-electron chi connectivity index (χ2n) is 6.25. The molecule has 0 amide bonds. The molecule has 0 radical (unpaired) electrons. The van der Waals surface area contributed by atoms with Crippen molar-refractivity contribution in [1.29, 1.82) is 0 Å². The molecule has 4 heteroatoms. The number of rotatable bonds is 7. The molecule has 0 aromatic rings. The quantitative estimate of drug-likeness (QED) is 0.777. The lowest BCUT2D eigenvalue weighted by atomic mass is 9.87. The largest absolute Gasteiger partial charge is 0.313 e. The molecule has 1 N–H and O–H groups in total. The highest BCUT2D eigenvalue weighted by Crippen LogP contribution is 2.23. The predicted octanol–water partition coefficient (Wildman–Crippen LogP) is 2.62. The van der Waals surface area contributed by atoms with Gasteiger partial charge in [-0.3, -0.25) is 0 Å². The van der Waals surface area contributed by atoms with Crippen LogP contribution in [0.15, 0.2) is 0 Å². The van der Waals surface area contributed by atoms with Gasteiger partial charge in [0.2, 0.25) is 0 Å².